The van der Waals surface area contributed by atoms with E-state index in [0.29, 0.717) is 6.54 Å². The number of amides is 1. The van der Waals surface area contributed by atoms with E-state index < -0.39 is 44.0 Å². The summed E-state index contributed by atoms with van der Waals surface area (Å²) >= 11 is 1.65. The van der Waals surface area contributed by atoms with Gasteiger partial charge in [0.05, 0.1) is 4.90 Å². The van der Waals surface area contributed by atoms with Gasteiger partial charge in [-0.25, -0.2) is 21.6 Å². The lowest BCUT2D eigenvalue weighted by atomic mass is 10.0. The first kappa shape index (κ1) is 24.8. The number of hydrogen-bond donors (Lipinski definition) is 1. The van der Waals surface area contributed by atoms with Crippen molar-refractivity contribution in [3.63, 3.8) is 0 Å². The average Bonchev–Trinajstić information content (AvgIpc) is 2.79. The predicted octanol–water partition coefficient (Wildman–Crippen LogP) is 4.55. The van der Waals surface area contributed by atoms with Gasteiger partial charge in [0.15, 0.2) is 9.84 Å². The van der Waals surface area contributed by atoms with Crippen molar-refractivity contribution in [1.82, 2.24) is 10.3 Å². The van der Waals surface area contributed by atoms with E-state index in [0.717, 1.165) is 60.8 Å². The van der Waals surface area contributed by atoms with Crippen LogP contribution in [0.4, 0.5) is 13.2 Å². The van der Waals surface area contributed by atoms with Crippen LogP contribution in [0.5, 0.6) is 0 Å². The Morgan fingerprint density at radius 2 is 1.73 bits per heavy atom. The van der Waals surface area contributed by atoms with Gasteiger partial charge in [0.2, 0.25) is 0 Å². The normalized spacial score (nSPS) is 12.4. The largest absolute Gasteiger partial charge is 0.351 e. The molecule has 1 atom stereocenters. The molecular formula is C23H21F3N2O3S2. The molecule has 0 aliphatic carbocycles. The number of aromatic nitrogens is 1. The predicted molar refractivity (Wildman–Crippen MR) is 121 cm³/mol. The van der Waals surface area contributed by atoms with E-state index in [9.17, 15) is 26.4 Å². The maximum atomic E-state index is 14.6. The van der Waals surface area contributed by atoms with Crippen molar-refractivity contribution in [2.24, 2.45) is 0 Å². The first-order valence-corrected chi connectivity index (χ1v) is 12.9. The van der Waals surface area contributed by atoms with Gasteiger partial charge in [0.25, 0.3) is 5.91 Å². The van der Waals surface area contributed by atoms with Crippen molar-refractivity contribution in [2.75, 3.05) is 18.6 Å². The Morgan fingerprint density at radius 3 is 2.36 bits per heavy atom. The summed E-state index contributed by atoms with van der Waals surface area (Å²) in [4.78, 5) is 16.0. The zero-order chi connectivity index (χ0) is 24.0. The first-order valence-electron chi connectivity index (χ1n) is 9.91. The minimum atomic E-state index is -4.33. The number of halogens is 3. The summed E-state index contributed by atoms with van der Waals surface area (Å²) in [6.45, 7) is 0.458. The number of benzene rings is 2. The second-order valence-electron chi connectivity index (χ2n) is 7.12. The van der Waals surface area contributed by atoms with Crippen LogP contribution in [-0.4, -0.2) is 37.9 Å². The Balaban J connectivity index is 2.01. The van der Waals surface area contributed by atoms with E-state index in [1.807, 2.05) is 6.26 Å². The summed E-state index contributed by atoms with van der Waals surface area (Å²) in [7, 11) is -4.33. The Bertz CT molecular complexity index is 1220. The number of pyridine rings is 1. The fourth-order valence-corrected chi connectivity index (χ4v) is 5.44. The van der Waals surface area contributed by atoms with Gasteiger partial charge < -0.3 is 5.32 Å². The van der Waals surface area contributed by atoms with E-state index in [1.165, 1.54) is 12.1 Å². The molecule has 5 nitrogen and oxygen atoms in total. The lowest BCUT2D eigenvalue weighted by Crippen LogP contribution is -2.26. The Kier molecular flexibility index (Phi) is 8.15. The third-order valence-corrected chi connectivity index (χ3v) is 7.60. The van der Waals surface area contributed by atoms with Gasteiger partial charge in [-0.2, -0.15) is 11.8 Å². The summed E-state index contributed by atoms with van der Waals surface area (Å²) in [5.41, 5.74) is -0.335. The van der Waals surface area contributed by atoms with Crippen molar-refractivity contribution >= 4 is 27.5 Å². The summed E-state index contributed by atoms with van der Waals surface area (Å²) in [6.07, 6.45) is 3.88. The van der Waals surface area contributed by atoms with Crippen LogP contribution in [0.2, 0.25) is 0 Å². The van der Waals surface area contributed by atoms with Crippen LogP contribution < -0.4 is 5.32 Å². The third-order valence-electron chi connectivity index (χ3n) is 4.83. The smallest absolute Gasteiger partial charge is 0.269 e. The second-order valence-corrected chi connectivity index (χ2v) is 10.1. The molecule has 0 aliphatic heterocycles. The van der Waals surface area contributed by atoms with Gasteiger partial charge in [-0.15, -0.1) is 0 Å². The molecule has 33 heavy (non-hydrogen) atoms. The molecule has 10 heteroatoms. The Labute approximate surface area is 194 Å². The molecule has 3 rings (SSSR count). The van der Waals surface area contributed by atoms with Gasteiger partial charge in [0, 0.05) is 18.3 Å². The van der Waals surface area contributed by atoms with Crippen LogP contribution in [0.15, 0.2) is 65.7 Å². The number of nitrogens with zero attached hydrogens (tertiary/aromatic N) is 1. The van der Waals surface area contributed by atoms with E-state index >= 15 is 0 Å². The molecule has 0 bridgehead atoms. The van der Waals surface area contributed by atoms with Crippen molar-refractivity contribution in [3.8, 4) is 0 Å². The lowest BCUT2D eigenvalue weighted by Gasteiger charge is -2.19. The molecule has 0 radical (unpaired) electrons. The molecular weight excluding hydrogens is 473 g/mol. The molecule has 0 saturated heterocycles. The third kappa shape index (κ3) is 5.94. The maximum Gasteiger partial charge on any atom is 0.269 e. The number of rotatable bonds is 9. The van der Waals surface area contributed by atoms with E-state index in [1.54, 1.807) is 11.8 Å². The monoisotopic (exact) mass is 494 g/mol. The number of thioether (sulfide) groups is 1. The van der Waals surface area contributed by atoms with Crippen molar-refractivity contribution in [3.05, 3.63) is 95.1 Å². The number of carbonyl (C=O) groups excluding carboxylic acids is 1. The number of carbonyl (C=O) groups is 1. The molecule has 3 aromatic rings. The second kappa shape index (κ2) is 10.8. The number of hydrogen-bond acceptors (Lipinski definition) is 5. The quantitative estimate of drug-likeness (QED) is 0.349. The maximum absolute atomic E-state index is 14.6. The first-order chi connectivity index (χ1) is 15.7. The van der Waals surface area contributed by atoms with Crippen molar-refractivity contribution in [1.29, 1.82) is 0 Å². The number of nitrogens with one attached hydrogen (secondary N) is 1. The lowest BCUT2D eigenvalue weighted by molar-refractivity contribution is 0.0949. The van der Waals surface area contributed by atoms with E-state index in [2.05, 4.69) is 10.3 Å². The molecule has 0 aliphatic rings. The topological polar surface area (TPSA) is 76.1 Å². The van der Waals surface area contributed by atoms with Gasteiger partial charge in [0.1, 0.15) is 28.4 Å². The van der Waals surface area contributed by atoms with Gasteiger partial charge >= 0.3 is 0 Å². The number of sulfone groups is 1. The molecule has 1 aromatic heterocycles. The molecule has 2 aromatic carbocycles. The summed E-state index contributed by atoms with van der Waals surface area (Å²) < 4.78 is 68.7. The SMILES string of the molecule is CSCCCNC(=O)c1ccc(C(c2cc(F)ccc2F)S(=O)(=O)c2ccc(F)cc2)cn1. The highest BCUT2D eigenvalue weighted by atomic mass is 32.2. The summed E-state index contributed by atoms with van der Waals surface area (Å²) in [5.74, 6) is -1.94. The molecule has 0 spiro atoms. The van der Waals surface area contributed by atoms with E-state index in [4.69, 9.17) is 0 Å². The van der Waals surface area contributed by atoms with Gasteiger partial charge in [-0.1, -0.05) is 6.07 Å². The van der Waals surface area contributed by atoms with Crippen LogP contribution in [0.25, 0.3) is 0 Å². The fourth-order valence-electron chi connectivity index (χ4n) is 3.21. The summed E-state index contributed by atoms with van der Waals surface area (Å²) in [6, 6.07) is 9.21. The molecule has 174 valence electrons. The van der Waals surface area contributed by atoms with Crippen LogP contribution >= 0.6 is 11.8 Å². The van der Waals surface area contributed by atoms with Crippen molar-refractivity contribution in [2.45, 2.75) is 16.6 Å². The standard InChI is InChI=1S/C23H21F3N2O3S2/c1-32-12-2-11-27-23(29)21-10-3-15(14-28-21)22(19-13-17(25)6-9-20(19)26)33(30,31)18-7-4-16(24)5-8-18/h3-10,13-14,22H,2,11-12H2,1H3,(H,27,29). The highest BCUT2D eigenvalue weighted by Crippen LogP contribution is 2.36. The molecule has 0 fully saturated rings. The van der Waals surface area contributed by atoms with Gasteiger partial charge in [-0.3, -0.25) is 9.78 Å². The highest BCUT2D eigenvalue weighted by Gasteiger charge is 2.33. The highest BCUT2D eigenvalue weighted by molar-refractivity contribution is 7.98. The summed E-state index contributed by atoms with van der Waals surface area (Å²) in [5, 5.41) is 1.05. The minimum absolute atomic E-state index is 0.0303. The van der Waals surface area contributed by atoms with E-state index in [-0.39, 0.29) is 16.2 Å². The molecule has 0 saturated carbocycles. The zero-order valence-corrected chi connectivity index (χ0v) is 19.2. The molecule has 1 heterocycles. The van der Waals surface area contributed by atoms with Gasteiger partial charge in [-0.05, 0) is 72.5 Å². The minimum Gasteiger partial charge on any atom is -0.351 e. The van der Waals surface area contributed by atoms with Crippen LogP contribution in [0.1, 0.15) is 33.3 Å². The van der Waals surface area contributed by atoms with Crippen molar-refractivity contribution < 1.29 is 26.4 Å². The molecule has 1 amide bonds. The fraction of sp³-hybridized carbons (Fsp3) is 0.217. The van der Waals surface area contributed by atoms with Crippen LogP contribution in [0, 0.1) is 17.5 Å². The molecule has 1 unspecified atom stereocenters. The van der Waals surface area contributed by atoms with Crippen LogP contribution in [-0.2, 0) is 9.84 Å². The van der Waals surface area contributed by atoms with Crippen LogP contribution in [0.3, 0.4) is 0 Å². The Hall–Kier alpha value is -2.85. The molecule has 1 N–H and O–H groups in total. The zero-order valence-electron chi connectivity index (χ0n) is 17.6. The average molecular weight is 495 g/mol. The Morgan fingerprint density at radius 1 is 1.03 bits per heavy atom.